The van der Waals surface area contributed by atoms with Crippen molar-refractivity contribution in [2.45, 2.75) is 115 Å². The Morgan fingerprint density at radius 3 is 1.81 bits per heavy atom. The summed E-state index contributed by atoms with van der Waals surface area (Å²) in [6.45, 7) is 9.73. The lowest BCUT2D eigenvalue weighted by molar-refractivity contribution is -0.145. The van der Waals surface area contributed by atoms with Crippen molar-refractivity contribution in [3.05, 3.63) is 59.4 Å². The quantitative estimate of drug-likeness (QED) is 0.0351. The van der Waals surface area contributed by atoms with E-state index < -0.39 is 0 Å². The number of carbonyl (C=O) groups is 2. The number of thioether (sulfide) groups is 2. The molecule has 2 atom stereocenters. The molecule has 0 radical (unpaired) electrons. The minimum Gasteiger partial charge on any atom is -0.497 e. The summed E-state index contributed by atoms with van der Waals surface area (Å²) in [7, 11) is 3.30. The van der Waals surface area contributed by atoms with Gasteiger partial charge in [0.1, 0.15) is 22.3 Å². The Kier molecular flexibility index (Phi) is 24.7. The van der Waals surface area contributed by atoms with E-state index in [1.807, 2.05) is 24.3 Å². The maximum Gasteiger partial charge on any atom is 0.306 e. The molecule has 2 unspecified atom stereocenters. The lowest BCUT2D eigenvalue weighted by atomic mass is 10.0. The number of unbranched alkanes of at least 4 members (excludes halogenated alkanes) is 2. The Hall–Kier alpha value is -3.09. The molecule has 0 saturated carbocycles. The van der Waals surface area contributed by atoms with E-state index in [1.165, 1.54) is 37.4 Å². The van der Waals surface area contributed by atoms with Gasteiger partial charge in [0.25, 0.3) is 0 Å². The molecule has 0 aliphatic rings. The molecule has 0 saturated heterocycles. The molecule has 0 bridgehead atoms. The highest BCUT2D eigenvalue weighted by Crippen LogP contribution is 2.26. The van der Waals surface area contributed by atoms with Gasteiger partial charge in [0.05, 0.1) is 45.3 Å². The molecular formula is C40H59ClN4O6S2. The van der Waals surface area contributed by atoms with Crippen molar-refractivity contribution in [1.82, 2.24) is 19.9 Å². The minimum absolute atomic E-state index is 0.131. The van der Waals surface area contributed by atoms with Gasteiger partial charge >= 0.3 is 11.9 Å². The van der Waals surface area contributed by atoms with Gasteiger partial charge in [-0.1, -0.05) is 72.3 Å². The topological polar surface area (TPSA) is 123 Å². The Morgan fingerprint density at radius 2 is 1.30 bits per heavy atom. The van der Waals surface area contributed by atoms with Crippen molar-refractivity contribution in [2.24, 2.45) is 11.8 Å². The van der Waals surface area contributed by atoms with Crippen LogP contribution in [0.1, 0.15) is 103 Å². The summed E-state index contributed by atoms with van der Waals surface area (Å²) in [4.78, 5) is 40.7. The third-order valence-electron chi connectivity index (χ3n) is 8.55. The van der Waals surface area contributed by atoms with E-state index in [2.05, 4.69) is 47.6 Å². The van der Waals surface area contributed by atoms with Crippen LogP contribution in [0.25, 0.3) is 0 Å². The number of carbonyl (C=O) groups excluding carboxylic acids is 2. The molecule has 13 heteroatoms. The number of rotatable bonds is 25. The third kappa shape index (κ3) is 20.2. The van der Waals surface area contributed by atoms with E-state index >= 15 is 0 Å². The number of nitrogens with zero attached hydrogens (tertiary/aromatic N) is 4. The molecule has 0 spiro atoms. The predicted molar refractivity (Wildman–Crippen MR) is 215 cm³/mol. The molecule has 10 nitrogen and oxygen atoms in total. The molecule has 0 N–H and O–H groups in total. The third-order valence-corrected chi connectivity index (χ3v) is 10.6. The zero-order chi connectivity index (χ0) is 38.7. The Morgan fingerprint density at radius 1 is 0.736 bits per heavy atom. The van der Waals surface area contributed by atoms with Crippen LogP contribution in [-0.2, 0) is 31.9 Å². The van der Waals surface area contributed by atoms with Crippen LogP contribution in [0.4, 0.5) is 0 Å². The summed E-state index contributed by atoms with van der Waals surface area (Å²) in [6.07, 6.45) is 14.7. The largest absolute Gasteiger partial charge is 0.497 e. The zero-order valence-electron chi connectivity index (χ0n) is 32.4. The summed E-state index contributed by atoms with van der Waals surface area (Å²) < 4.78 is 21.5. The van der Waals surface area contributed by atoms with Gasteiger partial charge in [0, 0.05) is 36.4 Å². The van der Waals surface area contributed by atoms with E-state index in [0.29, 0.717) is 55.8 Å². The number of esters is 2. The lowest BCUT2D eigenvalue weighted by Crippen LogP contribution is -2.14. The second-order valence-corrected chi connectivity index (χ2v) is 15.1. The number of hydrogen-bond donors (Lipinski definition) is 0. The van der Waals surface area contributed by atoms with Crippen molar-refractivity contribution < 1.29 is 28.5 Å². The Bertz CT molecular complexity index is 1470. The highest BCUT2D eigenvalue weighted by Gasteiger charge is 2.13. The van der Waals surface area contributed by atoms with Crippen LogP contribution in [0.5, 0.6) is 11.5 Å². The van der Waals surface area contributed by atoms with E-state index in [0.717, 1.165) is 65.0 Å². The number of methoxy groups -OCH3 is 2. The second kappa shape index (κ2) is 28.4. The molecule has 0 aliphatic heterocycles. The van der Waals surface area contributed by atoms with Crippen LogP contribution >= 0.6 is 35.1 Å². The first-order chi connectivity index (χ1) is 25.7. The molecule has 0 amide bonds. The first-order valence-electron chi connectivity index (χ1n) is 18.8. The van der Waals surface area contributed by atoms with E-state index in [-0.39, 0.29) is 17.2 Å². The van der Waals surface area contributed by atoms with Gasteiger partial charge in [0.15, 0.2) is 0 Å². The van der Waals surface area contributed by atoms with Gasteiger partial charge in [-0.2, -0.15) is 0 Å². The number of halogens is 1. The smallest absolute Gasteiger partial charge is 0.306 e. The van der Waals surface area contributed by atoms with Crippen LogP contribution in [0, 0.1) is 11.8 Å². The molecule has 0 fully saturated rings. The molecule has 294 valence electrons. The first-order valence-corrected chi connectivity index (χ1v) is 21.2. The van der Waals surface area contributed by atoms with Crippen molar-refractivity contribution in [3.63, 3.8) is 0 Å². The average molecular weight is 792 g/mol. The lowest BCUT2D eigenvalue weighted by Gasteiger charge is -2.14. The standard InChI is InChI=1S/C25H36N2O4S.C15H23ClN2O2S/c1-5-7-8-19(6-2)18-31-25(28)14-16-32-24-13-15-26-23(27-24)12-10-20-9-11-21(29-3)17-22(20)30-4;1-3-5-6-12(4-2)11-20-14(19)8-10-21-13-7-9-17-15(16)18-13/h9,11,13,15,17,19H,5-8,10,12,14,16,18H2,1-4H3;7,9,12H,3-6,8,10-11H2,1-2H3. The van der Waals surface area contributed by atoms with Gasteiger partial charge in [-0.15, -0.1) is 23.5 Å². The highest BCUT2D eigenvalue weighted by molar-refractivity contribution is 7.99. The molecular weight excluding hydrogens is 732 g/mol. The Labute approximate surface area is 330 Å². The summed E-state index contributed by atoms with van der Waals surface area (Å²) in [6, 6.07) is 9.48. The summed E-state index contributed by atoms with van der Waals surface area (Å²) >= 11 is 8.74. The van der Waals surface area contributed by atoms with Gasteiger partial charge in [-0.25, -0.2) is 19.9 Å². The predicted octanol–water partition coefficient (Wildman–Crippen LogP) is 9.89. The fraction of sp³-hybridized carbons (Fsp3) is 0.600. The first kappa shape index (κ1) is 46.1. The minimum atomic E-state index is -0.141. The number of benzene rings is 1. The second-order valence-electron chi connectivity index (χ2n) is 12.5. The zero-order valence-corrected chi connectivity index (χ0v) is 34.8. The van der Waals surface area contributed by atoms with Gasteiger partial charge in [-0.05, 0) is 66.5 Å². The average Bonchev–Trinajstić information content (AvgIpc) is 3.17. The summed E-state index contributed by atoms with van der Waals surface area (Å²) in [5.74, 6) is 4.31. The monoisotopic (exact) mass is 790 g/mol. The molecule has 1 aromatic carbocycles. The fourth-order valence-corrected chi connectivity index (χ4v) is 6.91. The van der Waals surface area contributed by atoms with Crippen molar-refractivity contribution in [1.29, 1.82) is 0 Å². The van der Waals surface area contributed by atoms with Crippen LogP contribution in [0.2, 0.25) is 5.28 Å². The van der Waals surface area contributed by atoms with Crippen LogP contribution < -0.4 is 9.47 Å². The molecule has 3 rings (SSSR count). The normalized spacial score (nSPS) is 11.9. The number of hydrogen-bond acceptors (Lipinski definition) is 12. The van der Waals surface area contributed by atoms with Gasteiger partial charge in [-0.3, -0.25) is 9.59 Å². The maximum atomic E-state index is 12.1. The van der Waals surface area contributed by atoms with E-state index in [9.17, 15) is 9.59 Å². The van der Waals surface area contributed by atoms with Gasteiger partial charge < -0.3 is 18.9 Å². The van der Waals surface area contributed by atoms with E-state index in [1.54, 1.807) is 44.4 Å². The Balaban J connectivity index is 0.000000401. The number of aromatic nitrogens is 4. The maximum absolute atomic E-state index is 12.1. The van der Waals surface area contributed by atoms with Crippen molar-refractivity contribution >= 4 is 47.1 Å². The fourth-order valence-electron chi connectivity index (χ4n) is 5.13. The van der Waals surface area contributed by atoms with Crippen LogP contribution in [0.3, 0.4) is 0 Å². The highest BCUT2D eigenvalue weighted by atomic mass is 35.5. The number of aryl methyl sites for hydroxylation is 2. The van der Waals surface area contributed by atoms with E-state index in [4.69, 9.17) is 30.5 Å². The molecule has 2 aromatic heterocycles. The molecule has 3 aromatic rings. The van der Waals surface area contributed by atoms with Crippen LogP contribution in [-0.4, -0.2) is 70.8 Å². The van der Waals surface area contributed by atoms with Crippen molar-refractivity contribution in [3.8, 4) is 11.5 Å². The number of ether oxygens (including phenoxy) is 4. The SMILES string of the molecule is CCCCC(CC)COC(=O)CCSc1ccnc(CCc2ccc(OC)cc2OC)n1.CCCCC(CC)COC(=O)CCSc1ccnc(Cl)n1. The summed E-state index contributed by atoms with van der Waals surface area (Å²) in [5, 5.41) is 1.88. The van der Waals surface area contributed by atoms with Gasteiger partial charge in [0.2, 0.25) is 5.28 Å². The molecule has 2 heterocycles. The molecule has 53 heavy (non-hydrogen) atoms. The molecule has 0 aliphatic carbocycles. The summed E-state index contributed by atoms with van der Waals surface area (Å²) in [5.41, 5.74) is 1.09. The van der Waals surface area contributed by atoms with Crippen LogP contribution in [0.15, 0.2) is 52.8 Å². The van der Waals surface area contributed by atoms with Crippen molar-refractivity contribution in [2.75, 3.05) is 38.9 Å².